The summed E-state index contributed by atoms with van der Waals surface area (Å²) in [6, 6.07) is 14.6. The molecule has 0 radical (unpaired) electrons. The molecule has 0 aliphatic rings. The molecular weight excluding hydrogens is 354 g/mol. The lowest BCUT2D eigenvalue weighted by molar-refractivity contribution is 1.07. The summed E-state index contributed by atoms with van der Waals surface area (Å²) in [6.45, 7) is 0. The van der Waals surface area contributed by atoms with E-state index in [-0.39, 0.29) is 0 Å². The second-order valence-electron chi connectivity index (χ2n) is 6.80. The zero-order valence-electron chi connectivity index (χ0n) is 15.8. The summed E-state index contributed by atoms with van der Waals surface area (Å²) in [5.41, 5.74) is 3.08. The van der Waals surface area contributed by atoms with Gasteiger partial charge in [-0.05, 0) is 42.5 Å². The molecule has 0 unspecified atom stereocenters. The molecule has 6 heteroatoms. The Kier molecular flexibility index (Phi) is 4.49. The van der Waals surface area contributed by atoms with Crippen molar-refractivity contribution < 1.29 is 0 Å². The number of pyridine rings is 3. The van der Waals surface area contributed by atoms with Gasteiger partial charge in [0.2, 0.25) is 0 Å². The lowest BCUT2D eigenvalue weighted by atomic mass is 10.1. The molecule has 4 aromatic rings. The molecule has 0 aliphatic heterocycles. The second kappa shape index (κ2) is 6.96. The van der Waals surface area contributed by atoms with E-state index < -0.39 is 0 Å². The molecule has 0 saturated carbocycles. The first-order chi connectivity index (χ1) is 13.0. The molecule has 4 heterocycles. The Balaban J connectivity index is 1.67. The zero-order chi connectivity index (χ0) is 19.0. The molecule has 5 nitrogen and oxygen atoms in total. The van der Waals surface area contributed by atoms with Crippen LogP contribution >= 0.6 is 11.3 Å². The van der Waals surface area contributed by atoms with Crippen LogP contribution in [0.4, 0.5) is 11.6 Å². The van der Waals surface area contributed by atoms with E-state index in [1.54, 1.807) is 11.3 Å². The second-order valence-corrected chi connectivity index (χ2v) is 7.83. The third-order valence-corrected chi connectivity index (χ3v) is 5.47. The van der Waals surface area contributed by atoms with Crippen LogP contribution in [0, 0.1) is 0 Å². The molecular formula is C21H21N5S. The highest BCUT2D eigenvalue weighted by Gasteiger charge is 2.09. The Bertz CT molecular complexity index is 1020. The van der Waals surface area contributed by atoms with Gasteiger partial charge in [-0.3, -0.25) is 0 Å². The number of anilines is 2. The van der Waals surface area contributed by atoms with Crippen molar-refractivity contribution in [1.82, 2.24) is 15.0 Å². The van der Waals surface area contributed by atoms with Crippen LogP contribution in [0.3, 0.4) is 0 Å². The van der Waals surface area contributed by atoms with Gasteiger partial charge in [-0.2, -0.15) is 0 Å². The Morgan fingerprint density at radius 3 is 1.93 bits per heavy atom. The zero-order valence-corrected chi connectivity index (χ0v) is 16.7. The third kappa shape index (κ3) is 3.48. The maximum atomic E-state index is 4.85. The highest BCUT2D eigenvalue weighted by Crippen LogP contribution is 2.34. The van der Waals surface area contributed by atoms with Crippen molar-refractivity contribution >= 4 is 33.2 Å². The summed E-state index contributed by atoms with van der Waals surface area (Å²) in [5, 5.41) is 1.15. The molecule has 0 atom stereocenters. The van der Waals surface area contributed by atoms with Gasteiger partial charge >= 0.3 is 0 Å². The average Bonchev–Trinajstić information content (AvgIpc) is 3.11. The monoisotopic (exact) mass is 375 g/mol. The lowest BCUT2D eigenvalue weighted by Gasteiger charge is -2.11. The van der Waals surface area contributed by atoms with E-state index in [4.69, 9.17) is 4.98 Å². The number of rotatable bonds is 4. The fourth-order valence-electron chi connectivity index (χ4n) is 2.82. The fourth-order valence-corrected chi connectivity index (χ4v) is 3.84. The van der Waals surface area contributed by atoms with Crippen LogP contribution in [0.25, 0.3) is 31.9 Å². The Morgan fingerprint density at radius 2 is 1.37 bits per heavy atom. The molecule has 0 saturated heterocycles. The van der Waals surface area contributed by atoms with Crippen molar-refractivity contribution in [3.05, 3.63) is 54.9 Å². The third-order valence-electron chi connectivity index (χ3n) is 4.38. The highest BCUT2D eigenvalue weighted by atomic mass is 32.1. The first-order valence-corrected chi connectivity index (χ1v) is 9.51. The quantitative estimate of drug-likeness (QED) is 0.523. The van der Waals surface area contributed by atoms with Gasteiger partial charge in [0, 0.05) is 62.0 Å². The van der Waals surface area contributed by atoms with Gasteiger partial charge in [0.15, 0.2) is 0 Å². The Hall–Kier alpha value is -2.99. The Labute approximate surface area is 163 Å². The minimum absolute atomic E-state index is 0.937. The van der Waals surface area contributed by atoms with Crippen molar-refractivity contribution in [2.45, 2.75) is 0 Å². The van der Waals surface area contributed by atoms with E-state index in [2.05, 4.69) is 40.3 Å². The summed E-state index contributed by atoms with van der Waals surface area (Å²) >= 11 is 1.69. The van der Waals surface area contributed by atoms with E-state index in [0.29, 0.717) is 0 Å². The van der Waals surface area contributed by atoms with Crippen LogP contribution in [0.2, 0.25) is 0 Å². The molecule has 4 aromatic heterocycles. The molecule has 0 fully saturated rings. The lowest BCUT2D eigenvalue weighted by Crippen LogP contribution is -2.10. The fraction of sp³-hybridized carbons (Fsp3) is 0.190. The molecule has 27 heavy (non-hydrogen) atoms. The van der Waals surface area contributed by atoms with Gasteiger partial charge in [-0.25, -0.2) is 15.0 Å². The van der Waals surface area contributed by atoms with Crippen molar-refractivity contribution in [2.24, 2.45) is 0 Å². The van der Waals surface area contributed by atoms with Crippen LogP contribution in [-0.2, 0) is 0 Å². The van der Waals surface area contributed by atoms with Crippen LogP contribution in [-0.4, -0.2) is 43.1 Å². The summed E-state index contributed by atoms with van der Waals surface area (Å²) in [7, 11) is 7.96. The van der Waals surface area contributed by atoms with Crippen LogP contribution in [0.15, 0.2) is 54.9 Å². The average molecular weight is 376 g/mol. The molecule has 0 aliphatic carbocycles. The topological polar surface area (TPSA) is 45.2 Å². The van der Waals surface area contributed by atoms with E-state index in [1.165, 1.54) is 4.88 Å². The molecule has 0 aromatic carbocycles. The van der Waals surface area contributed by atoms with E-state index in [9.17, 15) is 0 Å². The van der Waals surface area contributed by atoms with Crippen molar-refractivity contribution in [3.63, 3.8) is 0 Å². The van der Waals surface area contributed by atoms with Gasteiger partial charge < -0.3 is 9.80 Å². The first-order valence-electron chi connectivity index (χ1n) is 8.69. The number of hydrogen-bond donors (Lipinski definition) is 0. The normalized spacial score (nSPS) is 11.0. The standard InChI is InChI=1S/C21H21N5S/c1-25(2)19-9-6-15(12-22-19)17-8-5-14-11-18(27-21(14)24-17)16-7-10-20(23-13-16)26(3)4/h5-13H,1-4H3. The summed E-state index contributed by atoms with van der Waals surface area (Å²) < 4.78 is 0. The van der Waals surface area contributed by atoms with E-state index in [0.717, 1.165) is 38.7 Å². The summed E-state index contributed by atoms with van der Waals surface area (Å²) in [4.78, 5) is 20.0. The molecule has 0 bridgehead atoms. The van der Waals surface area contributed by atoms with Gasteiger partial charge in [0.05, 0.1) is 5.69 Å². The van der Waals surface area contributed by atoms with Gasteiger partial charge in [-0.1, -0.05) is 0 Å². The SMILES string of the molecule is CN(C)c1ccc(-c2ccc3cc(-c4ccc(N(C)C)nc4)sc3n2)cn1. The predicted molar refractivity (Wildman–Crippen MR) is 115 cm³/mol. The molecule has 0 N–H and O–H groups in total. The summed E-state index contributed by atoms with van der Waals surface area (Å²) in [5.74, 6) is 1.89. The summed E-state index contributed by atoms with van der Waals surface area (Å²) in [6.07, 6.45) is 3.80. The maximum Gasteiger partial charge on any atom is 0.127 e. The predicted octanol–water partition coefficient (Wildman–Crippen LogP) is 4.55. The highest BCUT2D eigenvalue weighted by molar-refractivity contribution is 7.21. The Morgan fingerprint density at radius 1 is 0.741 bits per heavy atom. The number of thiophene rings is 1. The van der Waals surface area contributed by atoms with Crippen molar-refractivity contribution in [2.75, 3.05) is 38.0 Å². The van der Waals surface area contributed by atoms with Crippen LogP contribution in [0.1, 0.15) is 0 Å². The molecule has 4 rings (SSSR count). The number of fused-ring (bicyclic) bond motifs is 1. The van der Waals surface area contributed by atoms with E-state index in [1.807, 2.05) is 62.5 Å². The molecule has 0 amide bonds. The molecule has 136 valence electrons. The number of nitrogens with zero attached hydrogens (tertiary/aromatic N) is 5. The van der Waals surface area contributed by atoms with Crippen molar-refractivity contribution in [1.29, 1.82) is 0 Å². The van der Waals surface area contributed by atoms with Crippen molar-refractivity contribution in [3.8, 4) is 21.7 Å². The number of hydrogen-bond acceptors (Lipinski definition) is 6. The maximum absolute atomic E-state index is 4.85. The van der Waals surface area contributed by atoms with Crippen LogP contribution < -0.4 is 9.80 Å². The largest absolute Gasteiger partial charge is 0.363 e. The van der Waals surface area contributed by atoms with E-state index >= 15 is 0 Å². The minimum atomic E-state index is 0.937. The van der Waals surface area contributed by atoms with Gasteiger partial charge in [0.1, 0.15) is 16.5 Å². The van der Waals surface area contributed by atoms with Crippen LogP contribution in [0.5, 0.6) is 0 Å². The minimum Gasteiger partial charge on any atom is -0.363 e. The van der Waals surface area contributed by atoms with Gasteiger partial charge in [0.25, 0.3) is 0 Å². The first kappa shape index (κ1) is 17.4. The molecule has 0 spiro atoms. The smallest absolute Gasteiger partial charge is 0.127 e. The van der Waals surface area contributed by atoms with Gasteiger partial charge in [-0.15, -0.1) is 11.3 Å². The number of aromatic nitrogens is 3.